The molecule has 0 fully saturated rings. The van der Waals surface area contributed by atoms with Crippen LogP contribution in [-0.2, 0) is 9.53 Å². The number of methoxy groups -OCH3 is 1. The standard InChI is InChI=1S/C10H12BrNO2.ClH/c1-14-10(13)6-9(12)7-4-2-3-5-8(7)11;/h2-5,9H,6,12H2,1H3;1H/t9-;/m1./s1. The number of halogens is 2. The number of benzene rings is 1. The Morgan fingerprint density at radius 3 is 2.67 bits per heavy atom. The zero-order valence-corrected chi connectivity index (χ0v) is 10.7. The summed E-state index contributed by atoms with van der Waals surface area (Å²) in [4.78, 5) is 11.0. The summed E-state index contributed by atoms with van der Waals surface area (Å²) in [6.45, 7) is 0. The Morgan fingerprint density at radius 2 is 2.13 bits per heavy atom. The minimum absolute atomic E-state index is 0. The number of esters is 1. The molecule has 1 aromatic rings. The van der Waals surface area contributed by atoms with E-state index in [0.29, 0.717) is 0 Å². The lowest BCUT2D eigenvalue weighted by Gasteiger charge is -2.11. The molecule has 0 saturated carbocycles. The fourth-order valence-corrected chi connectivity index (χ4v) is 1.73. The van der Waals surface area contributed by atoms with Crippen LogP contribution in [-0.4, -0.2) is 13.1 Å². The van der Waals surface area contributed by atoms with Crippen molar-refractivity contribution >= 4 is 34.3 Å². The Kier molecular flexibility index (Phi) is 6.56. The maximum absolute atomic E-state index is 11.0. The molecule has 1 atom stereocenters. The molecule has 0 amide bonds. The van der Waals surface area contributed by atoms with Crippen LogP contribution in [0.2, 0.25) is 0 Å². The number of hydrogen-bond acceptors (Lipinski definition) is 3. The van der Waals surface area contributed by atoms with E-state index in [1.165, 1.54) is 7.11 Å². The summed E-state index contributed by atoms with van der Waals surface area (Å²) in [5.41, 5.74) is 6.76. The van der Waals surface area contributed by atoms with E-state index in [1.807, 2.05) is 24.3 Å². The highest BCUT2D eigenvalue weighted by Gasteiger charge is 2.13. The van der Waals surface area contributed by atoms with E-state index in [4.69, 9.17) is 5.73 Å². The smallest absolute Gasteiger partial charge is 0.307 e. The second-order valence-electron chi connectivity index (χ2n) is 2.91. The summed E-state index contributed by atoms with van der Waals surface area (Å²) in [7, 11) is 1.36. The number of hydrogen-bond donors (Lipinski definition) is 1. The van der Waals surface area contributed by atoms with E-state index in [-0.39, 0.29) is 30.8 Å². The highest BCUT2D eigenvalue weighted by molar-refractivity contribution is 9.10. The van der Waals surface area contributed by atoms with Gasteiger partial charge in [-0.05, 0) is 11.6 Å². The third-order valence-corrected chi connectivity index (χ3v) is 2.64. The topological polar surface area (TPSA) is 52.3 Å². The fourth-order valence-electron chi connectivity index (χ4n) is 1.15. The number of ether oxygens (including phenoxy) is 1. The number of rotatable bonds is 3. The van der Waals surface area contributed by atoms with Gasteiger partial charge >= 0.3 is 5.97 Å². The van der Waals surface area contributed by atoms with Crippen molar-refractivity contribution < 1.29 is 9.53 Å². The molecule has 0 unspecified atom stereocenters. The van der Waals surface area contributed by atoms with Crippen LogP contribution >= 0.6 is 28.3 Å². The van der Waals surface area contributed by atoms with Crippen LogP contribution in [0.1, 0.15) is 18.0 Å². The van der Waals surface area contributed by atoms with Gasteiger partial charge in [-0.1, -0.05) is 34.1 Å². The molecule has 0 heterocycles. The Balaban J connectivity index is 0.00000196. The highest BCUT2D eigenvalue weighted by atomic mass is 79.9. The highest BCUT2D eigenvalue weighted by Crippen LogP contribution is 2.23. The van der Waals surface area contributed by atoms with E-state index in [9.17, 15) is 4.79 Å². The summed E-state index contributed by atoms with van der Waals surface area (Å²) < 4.78 is 5.46. The molecular weight excluding hydrogens is 281 g/mol. The van der Waals surface area contributed by atoms with Crippen molar-refractivity contribution in [3.63, 3.8) is 0 Å². The maximum atomic E-state index is 11.0. The quantitative estimate of drug-likeness (QED) is 0.871. The maximum Gasteiger partial charge on any atom is 0.307 e. The van der Waals surface area contributed by atoms with Gasteiger partial charge < -0.3 is 10.5 Å². The summed E-state index contributed by atoms with van der Waals surface area (Å²) in [6, 6.07) is 7.25. The van der Waals surface area contributed by atoms with E-state index < -0.39 is 0 Å². The summed E-state index contributed by atoms with van der Waals surface area (Å²) >= 11 is 3.38. The molecule has 0 bridgehead atoms. The first-order chi connectivity index (χ1) is 6.65. The Bertz CT molecular complexity index is 333. The molecule has 84 valence electrons. The second kappa shape index (κ2) is 6.82. The van der Waals surface area contributed by atoms with Gasteiger partial charge in [0.2, 0.25) is 0 Å². The van der Waals surface area contributed by atoms with Crippen molar-refractivity contribution in [2.24, 2.45) is 5.73 Å². The Hall–Kier alpha value is -0.580. The molecule has 3 nitrogen and oxygen atoms in total. The molecule has 0 aliphatic carbocycles. The van der Waals surface area contributed by atoms with Gasteiger partial charge in [0, 0.05) is 10.5 Å². The minimum atomic E-state index is -0.321. The first kappa shape index (κ1) is 14.4. The monoisotopic (exact) mass is 293 g/mol. The van der Waals surface area contributed by atoms with Crippen LogP contribution in [0.25, 0.3) is 0 Å². The third-order valence-electron chi connectivity index (χ3n) is 1.92. The van der Waals surface area contributed by atoms with Gasteiger partial charge in [-0.3, -0.25) is 4.79 Å². The normalized spacial score (nSPS) is 11.4. The average Bonchev–Trinajstić information content (AvgIpc) is 2.18. The molecular formula is C10H13BrClNO2. The van der Waals surface area contributed by atoms with Gasteiger partial charge in [0.15, 0.2) is 0 Å². The summed E-state index contributed by atoms with van der Waals surface area (Å²) in [6.07, 6.45) is 0.194. The van der Waals surface area contributed by atoms with E-state index in [2.05, 4.69) is 20.7 Å². The van der Waals surface area contributed by atoms with Gasteiger partial charge in [0.05, 0.1) is 13.5 Å². The average molecular weight is 295 g/mol. The molecule has 1 rings (SSSR count). The van der Waals surface area contributed by atoms with Crippen LogP contribution in [0.15, 0.2) is 28.7 Å². The molecule has 0 spiro atoms. The van der Waals surface area contributed by atoms with Gasteiger partial charge in [0.25, 0.3) is 0 Å². The van der Waals surface area contributed by atoms with Crippen molar-refractivity contribution in [3.05, 3.63) is 34.3 Å². The summed E-state index contributed by atoms with van der Waals surface area (Å²) in [5.74, 6) is -0.298. The van der Waals surface area contributed by atoms with Crippen LogP contribution in [0.4, 0.5) is 0 Å². The fraction of sp³-hybridized carbons (Fsp3) is 0.300. The lowest BCUT2D eigenvalue weighted by molar-refractivity contribution is -0.141. The molecule has 1 aromatic carbocycles. The van der Waals surface area contributed by atoms with Crippen molar-refractivity contribution in [3.8, 4) is 0 Å². The predicted molar refractivity (Wildman–Crippen MR) is 65.0 cm³/mol. The van der Waals surface area contributed by atoms with Crippen LogP contribution < -0.4 is 5.73 Å². The van der Waals surface area contributed by atoms with Crippen molar-refractivity contribution in [1.82, 2.24) is 0 Å². The van der Waals surface area contributed by atoms with Gasteiger partial charge in [-0.15, -0.1) is 12.4 Å². The molecule has 0 aromatic heterocycles. The van der Waals surface area contributed by atoms with E-state index >= 15 is 0 Å². The van der Waals surface area contributed by atoms with Crippen molar-refractivity contribution in [2.75, 3.05) is 7.11 Å². The predicted octanol–water partition coefficient (Wildman–Crippen LogP) is 2.43. The zero-order chi connectivity index (χ0) is 10.6. The molecule has 2 N–H and O–H groups in total. The van der Waals surface area contributed by atoms with Gasteiger partial charge in [-0.2, -0.15) is 0 Å². The molecule has 0 radical (unpaired) electrons. The lowest BCUT2D eigenvalue weighted by atomic mass is 10.1. The SMILES string of the molecule is COC(=O)C[C@@H](N)c1ccccc1Br.Cl. The molecule has 0 aliphatic heterocycles. The largest absolute Gasteiger partial charge is 0.469 e. The van der Waals surface area contributed by atoms with Crippen LogP contribution in [0.5, 0.6) is 0 Å². The van der Waals surface area contributed by atoms with Crippen molar-refractivity contribution in [2.45, 2.75) is 12.5 Å². The zero-order valence-electron chi connectivity index (χ0n) is 8.27. The van der Waals surface area contributed by atoms with Crippen LogP contribution in [0, 0.1) is 0 Å². The number of nitrogens with two attached hydrogens (primary N) is 1. The van der Waals surface area contributed by atoms with Gasteiger partial charge in [-0.25, -0.2) is 0 Å². The third kappa shape index (κ3) is 4.20. The summed E-state index contributed by atoms with van der Waals surface area (Å²) in [5, 5.41) is 0. The van der Waals surface area contributed by atoms with E-state index in [0.717, 1.165) is 10.0 Å². The molecule has 0 saturated heterocycles. The van der Waals surface area contributed by atoms with Crippen LogP contribution in [0.3, 0.4) is 0 Å². The first-order valence-corrected chi connectivity index (χ1v) is 5.01. The lowest BCUT2D eigenvalue weighted by Crippen LogP contribution is -2.16. The van der Waals surface area contributed by atoms with E-state index in [1.54, 1.807) is 0 Å². The van der Waals surface area contributed by atoms with Crippen molar-refractivity contribution in [1.29, 1.82) is 0 Å². The number of carbonyl (C=O) groups is 1. The minimum Gasteiger partial charge on any atom is -0.469 e. The second-order valence-corrected chi connectivity index (χ2v) is 3.76. The molecule has 5 heteroatoms. The van der Waals surface area contributed by atoms with Gasteiger partial charge in [0.1, 0.15) is 0 Å². The molecule has 15 heavy (non-hydrogen) atoms. The number of carbonyl (C=O) groups excluding carboxylic acids is 1. The first-order valence-electron chi connectivity index (χ1n) is 4.22. The molecule has 0 aliphatic rings. The Morgan fingerprint density at radius 1 is 1.53 bits per heavy atom. The Labute approximate surface area is 104 Å².